The summed E-state index contributed by atoms with van der Waals surface area (Å²) >= 11 is 0. The maximum atomic E-state index is 11.2. The Labute approximate surface area is 203 Å². The van der Waals surface area contributed by atoms with Crippen molar-refractivity contribution in [2.45, 2.75) is 26.0 Å². The van der Waals surface area contributed by atoms with E-state index in [2.05, 4.69) is 34.6 Å². The molecule has 2 heterocycles. The van der Waals surface area contributed by atoms with Crippen molar-refractivity contribution < 1.29 is 19.4 Å². The Morgan fingerprint density at radius 1 is 1.03 bits per heavy atom. The first-order valence-electron chi connectivity index (χ1n) is 11.5. The van der Waals surface area contributed by atoms with E-state index in [0.29, 0.717) is 17.9 Å². The number of methoxy groups -OCH3 is 2. The normalized spacial score (nSPS) is 15.1. The Morgan fingerprint density at radius 2 is 1.86 bits per heavy atom. The summed E-state index contributed by atoms with van der Waals surface area (Å²) in [6.45, 7) is 2.90. The molecule has 4 aromatic rings. The van der Waals surface area contributed by atoms with Crippen LogP contribution in [0.15, 0.2) is 54.6 Å². The molecule has 0 amide bonds. The Balaban J connectivity index is 1.44. The monoisotopic (exact) mass is 474 g/mol. The molecule has 3 aromatic carbocycles. The summed E-state index contributed by atoms with van der Waals surface area (Å²) in [5.41, 5.74) is 6.39. The van der Waals surface area contributed by atoms with E-state index in [-0.39, 0.29) is 17.0 Å². The van der Waals surface area contributed by atoms with Gasteiger partial charge in [0.25, 0.3) is 0 Å². The van der Waals surface area contributed by atoms with Crippen LogP contribution in [0.5, 0.6) is 17.2 Å². The van der Waals surface area contributed by atoms with Crippen LogP contribution in [0.25, 0.3) is 10.9 Å². The summed E-state index contributed by atoms with van der Waals surface area (Å²) in [6.07, 6.45) is 0.940. The standard InChI is InChI=1S/C27H28N3O5/c1-16-12-20(6-8-24(16)30(31)32)35-15-18-13-17(4-9-25(18)34-3)26-27-21(10-11-28-26)22-14-19(33-2)5-7-23(22)29-27/h4-9,12-14,26,28-29,31H,10-11,15H2,1-3H3/q-1. The Hall–Kier alpha value is -3.72. The molecule has 1 aromatic heterocycles. The number of hydrogen-bond donors (Lipinski definition) is 3. The first-order chi connectivity index (χ1) is 17.0. The fourth-order valence-electron chi connectivity index (χ4n) is 4.80. The van der Waals surface area contributed by atoms with Crippen molar-refractivity contribution in [1.29, 1.82) is 0 Å². The molecular formula is C27H28N3O5-. The third-order valence-electron chi connectivity index (χ3n) is 6.56. The molecule has 0 spiro atoms. The number of nitrogens with zero attached hydrogens (tertiary/aromatic N) is 1. The smallest absolute Gasteiger partial charge is 0.125 e. The van der Waals surface area contributed by atoms with Gasteiger partial charge in [-0.15, -0.1) is 0 Å². The van der Waals surface area contributed by atoms with Gasteiger partial charge in [0.05, 0.1) is 25.9 Å². The van der Waals surface area contributed by atoms with Crippen LogP contribution in [0.2, 0.25) is 0 Å². The number of H-pyrrole nitrogens is 1. The number of ether oxygens (including phenoxy) is 3. The van der Waals surface area contributed by atoms with E-state index >= 15 is 0 Å². The number of nitrogens with one attached hydrogen (secondary N) is 2. The zero-order chi connectivity index (χ0) is 24.5. The molecule has 1 unspecified atom stereocenters. The molecule has 35 heavy (non-hydrogen) atoms. The van der Waals surface area contributed by atoms with E-state index in [1.165, 1.54) is 17.0 Å². The Kier molecular flexibility index (Phi) is 6.25. The third kappa shape index (κ3) is 4.39. The Morgan fingerprint density at radius 3 is 2.60 bits per heavy atom. The van der Waals surface area contributed by atoms with E-state index < -0.39 is 0 Å². The van der Waals surface area contributed by atoms with E-state index in [1.54, 1.807) is 33.3 Å². The van der Waals surface area contributed by atoms with Gasteiger partial charge in [-0.3, -0.25) is 5.21 Å². The van der Waals surface area contributed by atoms with Crippen LogP contribution in [-0.4, -0.2) is 31.0 Å². The molecule has 1 aliphatic heterocycles. The van der Waals surface area contributed by atoms with Gasteiger partial charge in [-0.1, -0.05) is 6.07 Å². The summed E-state index contributed by atoms with van der Waals surface area (Å²) in [5.74, 6) is 2.19. The molecule has 0 saturated carbocycles. The average molecular weight is 475 g/mol. The highest BCUT2D eigenvalue weighted by molar-refractivity contribution is 5.86. The van der Waals surface area contributed by atoms with E-state index in [0.717, 1.165) is 46.8 Å². The molecule has 0 aliphatic carbocycles. The lowest BCUT2D eigenvalue weighted by Gasteiger charge is -2.26. The minimum Gasteiger partial charge on any atom is -0.733 e. The van der Waals surface area contributed by atoms with Gasteiger partial charge in [-0.25, -0.2) is 0 Å². The summed E-state index contributed by atoms with van der Waals surface area (Å²) < 4.78 is 17.0. The van der Waals surface area contributed by atoms with Crippen LogP contribution < -0.4 is 24.8 Å². The number of rotatable bonds is 7. The van der Waals surface area contributed by atoms with Crippen LogP contribution >= 0.6 is 0 Å². The molecule has 8 heteroatoms. The zero-order valence-electron chi connectivity index (χ0n) is 19.9. The number of benzene rings is 3. The molecule has 8 nitrogen and oxygen atoms in total. The van der Waals surface area contributed by atoms with Crippen molar-refractivity contribution in [3.8, 4) is 17.2 Å². The minimum atomic E-state index is -0.142. The van der Waals surface area contributed by atoms with E-state index in [9.17, 15) is 10.4 Å². The quantitative estimate of drug-likeness (QED) is 0.324. The minimum absolute atomic E-state index is 0.0101. The lowest BCUT2D eigenvalue weighted by molar-refractivity contribution is 0.292. The largest absolute Gasteiger partial charge is 0.733 e. The molecule has 1 atom stereocenters. The van der Waals surface area contributed by atoms with Gasteiger partial charge in [-0.2, -0.15) is 0 Å². The summed E-state index contributed by atoms with van der Waals surface area (Å²) in [4.78, 5) is 3.61. The third-order valence-corrected chi connectivity index (χ3v) is 6.56. The van der Waals surface area contributed by atoms with Gasteiger partial charge in [0, 0.05) is 28.7 Å². The number of anilines is 1. The molecule has 0 radical (unpaired) electrons. The van der Waals surface area contributed by atoms with Gasteiger partial charge in [-0.05, 0) is 78.6 Å². The molecule has 3 N–H and O–H groups in total. The van der Waals surface area contributed by atoms with Crippen LogP contribution in [0.1, 0.15) is 34.0 Å². The second-order valence-corrected chi connectivity index (χ2v) is 8.65. The highest BCUT2D eigenvalue weighted by atomic mass is 16.8. The molecule has 0 bridgehead atoms. The zero-order valence-corrected chi connectivity index (χ0v) is 19.9. The van der Waals surface area contributed by atoms with Crippen LogP contribution in [0.3, 0.4) is 0 Å². The van der Waals surface area contributed by atoms with Crippen molar-refractivity contribution in [3.63, 3.8) is 0 Å². The van der Waals surface area contributed by atoms with Gasteiger partial charge in [0.1, 0.15) is 23.9 Å². The van der Waals surface area contributed by atoms with Crippen molar-refractivity contribution in [1.82, 2.24) is 10.3 Å². The van der Waals surface area contributed by atoms with Crippen LogP contribution in [-0.2, 0) is 13.0 Å². The number of fused-ring (bicyclic) bond motifs is 3. The van der Waals surface area contributed by atoms with E-state index in [4.69, 9.17) is 14.2 Å². The fourth-order valence-corrected chi connectivity index (χ4v) is 4.80. The van der Waals surface area contributed by atoms with Crippen molar-refractivity contribution in [3.05, 3.63) is 87.8 Å². The summed E-state index contributed by atoms with van der Waals surface area (Å²) in [6, 6.07) is 17.2. The molecule has 1 aliphatic rings. The second-order valence-electron chi connectivity index (χ2n) is 8.65. The predicted octanol–water partition coefficient (Wildman–Crippen LogP) is 5.00. The summed E-state index contributed by atoms with van der Waals surface area (Å²) in [7, 11) is 3.33. The average Bonchev–Trinajstić information content (AvgIpc) is 3.25. The first kappa shape index (κ1) is 23.0. The number of aromatic nitrogens is 1. The SMILES string of the molecule is COc1ccc2[nH]c3c(c2c1)CCNC3c1ccc(OC)c(COc2ccc(N([O-])O)c(C)c2)c1. The van der Waals surface area contributed by atoms with Gasteiger partial charge in [0.15, 0.2) is 0 Å². The topological polar surface area (TPSA) is 102 Å². The predicted molar refractivity (Wildman–Crippen MR) is 135 cm³/mol. The van der Waals surface area contributed by atoms with Gasteiger partial charge < -0.3 is 34.9 Å². The lowest BCUT2D eigenvalue weighted by atomic mass is 9.93. The first-order valence-corrected chi connectivity index (χ1v) is 11.5. The molecule has 0 fully saturated rings. The number of hydrogen-bond acceptors (Lipinski definition) is 7. The summed E-state index contributed by atoms with van der Waals surface area (Å²) in [5, 5.41) is 25.1. The van der Waals surface area contributed by atoms with Gasteiger partial charge >= 0.3 is 0 Å². The maximum Gasteiger partial charge on any atom is 0.125 e. The highest BCUT2D eigenvalue weighted by Gasteiger charge is 2.26. The fraction of sp³-hybridized carbons (Fsp3) is 0.259. The van der Waals surface area contributed by atoms with Crippen molar-refractivity contribution >= 4 is 16.6 Å². The van der Waals surface area contributed by atoms with Gasteiger partial charge in [0.2, 0.25) is 0 Å². The van der Waals surface area contributed by atoms with Crippen LogP contribution in [0, 0.1) is 12.1 Å². The maximum absolute atomic E-state index is 11.2. The molecule has 5 rings (SSSR count). The van der Waals surface area contributed by atoms with Crippen molar-refractivity contribution in [2.75, 3.05) is 26.0 Å². The van der Waals surface area contributed by atoms with E-state index in [1.807, 2.05) is 12.1 Å². The number of aromatic amines is 1. The number of aryl methyl sites for hydroxylation is 1. The molecule has 0 saturated heterocycles. The van der Waals surface area contributed by atoms with Crippen molar-refractivity contribution in [2.24, 2.45) is 0 Å². The molecule has 182 valence electrons. The molecular weight excluding hydrogens is 446 g/mol. The highest BCUT2D eigenvalue weighted by Crippen LogP contribution is 2.36. The Bertz CT molecular complexity index is 1360. The lowest BCUT2D eigenvalue weighted by Crippen LogP contribution is -2.30. The van der Waals surface area contributed by atoms with Crippen LogP contribution in [0.4, 0.5) is 5.69 Å². The second kappa shape index (κ2) is 9.50.